The molecule has 0 saturated heterocycles. The van der Waals surface area contributed by atoms with Gasteiger partial charge in [-0.3, -0.25) is 4.79 Å². The first-order valence-electron chi connectivity index (χ1n) is 7.06. The molecule has 114 valence electrons. The first kappa shape index (κ1) is 15.1. The molecule has 3 rings (SSSR count). The fourth-order valence-electron chi connectivity index (χ4n) is 2.18. The van der Waals surface area contributed by atoms with Crippen LogP contribution in [0.25, 0.3) is 17.0 Å². The molecule has 0 fully saturated rings. The summed E-state index contributed by atoms with van der Waals surface area (Å²) in [4.78, 5) is 15.0. The van der Waals surface area contributed by atoms with Crippen LogP contribution >= 0.6 is 11.6 Å². The van der Waals surface area contributed by atoms with Crippen molar-refractivity contribution in [3.05, 3.63) is 77.0 Å². The number of benzene rings is 2. The Kier molecular flexibility index (Phi) is 4.54. The van der Waals surface area contributed by atoms with Crippen molar-refractivity contribution in [3.63, 3.8) is 0 Å². The number of carbonyl (C=O) groups is 1. The zero-order valence-electron chi connectivity index (χ0n) is 12.2. The van der Waals surface area contributed by atoms with Crippen LogP contribution in [0.2, 0.25) is 5.02 Å². The van der Waals surface area contributed by atoms with Crippen molar-refractivity contribution >= 4 is 40.7 Å². The molecule has 1 amide bonds. The minimum absolute atomic E-state index is 0.279. The molecule has 0 aliphatic heterocycles. The molecule has 0 spiro atoms. The van der Waals surface area contributed by atoms with Crippen LogP contribution in [0.1, 0.15) is 15.9 Å². The number of halogens is 1. The molecule has 5 heteroatoms. The number of nitrogens with zero attached hydrogens (tertiary/aromatic N) is 1. The van der Waals surface area contributed by atoms with Crippen LogP contribution in [0.5, 0.6) is 0 Å². The van der Waals surface area contributed by atoms with Gasteiger partial charge in [0.2, 0.25) is 0 Å². The molecular weight excluding hydrogens is 310 g/mol. The highest BCUT2D eigenvalue weighted by Crippen LogP contribution is 2.18. The van der Waals surface area contributed by atoms with Gasteiger partial charge < -0.3 is 4.98 Å². The van der Waals surface area contributed by atoms with Crippen LogP contribution < -0.4 is 5.43 Å². The third-order valence-electron chi connectivity index (χ3n) is 3.33. The number of hydrazone groups is 1. The van der Waals surface area contributed by atoms with Gasteiger partial charge in [-0.2, -0.15) is 5.10 Å². The maximum atomic E-state index is 11.8. The van der Waals surface area contributed by atoms with E-state index >= 15 is 0 Å². The maximum absolute atomic E-state index is 11.8. The Morgan fingerprint density at radius 2 is 1.91 bits per heavy atom. The topological polar surface area (TPSA) is 57.2 Å². The Labute approximate surface area is 138 Å². The minimum Gasteiger partial charge on any atom is -0.361 e. The van der Waals surface area contributed by atoms with E-state index in [0.717, 1.165) is 16.5 Å². The van der Waals surface area contributed by atoms with Gasteiger partial charge in [0.1, 0.15) is 0 Å². The standard InChI is InChI=1S/C18H14ClN3O/c19-15-9-7-13(8-10-15)18(23)22-21-11-3-4-14-12-20-17-6-2-1-5-16(14)17/h1-12,20H,(H,22,23)/b4-3-,21-11?. The Morgan fingerprint density at radius 1 is 1.13 bits per heavy atom. The number of allylic oxidation sites excluding steroid dienone is 1. The van der Waals surface area contributed by atoms with Crippen LogP contribution in [0.3, 0.4) is 0 Å². The van der Waals surface area contributed by atoms with Crippen molar-refractivity contribution in [2.75, 3.05) is 0 Å². The molecule has 1 aromatic heterocycles. The quantitative estimate of drug-likeness (QED) is 0.547. The van der Waals surface area contributed by atoms with Crippen molar-refractivity contribution < 1.29 is 4.79 Å². The average Bonchev–Trinajstić information content (AvgIpc) is 2.98. The number of carbonyl (C=O) groups excluding carboxylic acids is 1. The lowest BCUT2D eigenvalue weighted by atomic mass is 10.2. The number of hydrogen-bond donors (Lipinski definition) is 2. The fraction of sp³-hybridized carbons (Fsp3) is 0. The Bertz CT molecular complexity index is 879. The molecule has 0 saturated carbocycles. The van der Waals surface area contributed by atoms with E-state index in [1.54, 1.807) is 30.3 Å². The van der Waals surface area contributed by atoms with Crippen LogP contribution in [-0.2, 0) is 0 Å². The number of hydrogen-bond acceptors (Lipinski definition) is 2. The zero-order chi connectivity index (χ0) is 16.1. The summed E-state index contributed by atoms with van der Waals surface area (Å²) in [6.45, 7) is 0. The minimum atomic E-state index is -0.279. The van der Waals surface area contributed by atoms with Crippen molar-refractivity contribution in [2.45, 2.75) is 0 Å². The molecule has 0 radical (unpaired) electrons. The number of rotatable bonds is 4. The molecule has 0 atom stereocenters. The molecule has 0 bridgehead atoms. The van der Waals surface area contributed by atoms with Crippen molar-refractivity contribution in [1.29, 1.82) is 0 Å². The van der Waals surface area contributed by atoms with Crippen molar-refractivity contribution in [3.8, 4) is 0 Å². The summed E-state index contributed by atoms with van der Waals surface area (Å²) < 4.78 is 0. The van der Waals surface area contributed by atoms with E-state index in [4.69, 9.17) is 11.6 Å². The predicted octanol–water partition coefficient (Wildman–Crippen LogP) is 4.25. The summed E-state index contributed by atoms with van der Waals surface area (Å²) in [5.74, 6) is -0.279. The third kappa shape index (κ3) is 3.67. The summed E-state index contributed by atoms with van der Waals surface area (Å²) in [6.07, 6.45) is 7.17. The summed E-state index contributed by atoms with van der Waals surface area (Å²) in [5, 5.41) is 5.63. The lowest BCUT2D eigenvalue weighted by molar-refractivity contribution is 0.0955. The van der Waals surface area contributed by atoms with E-state index in [9.17, 15) is 4.79 Å². The molecule has 0 aliphatic carbocycles. The Morgan fingerprint density at radius 3 is 2.74 bits per heavy atom. The van der Waals surface area contributed by atoms with E-state index in [1.807, 2.05) is 36.5 Å². The molecule has 23 heavy (non-hydrogen) atoms. The zero-order valence-corrected chi connectivity index (χ0v) is 12.9. The number of aromatic nitrogens is 1. The lowest BCUT2D eigenvalue weighted by Gasteiger charge is -1.98. The first-order valence-corrected chi connectivity index (χ1v) is 7.43. The highest BCUT2D eigenvalue weighted by atomic mass is 35.5. The first-order chi connectivity index (χ1) is 11.2. The van der Waals surface area contributed by atoms with Gasteiger partial charge in [0.05, 0.1) is 0 Å². The molecule has 2 N–H and O–H groups in total. The second kappa shape index (κ2) is 6.94. The smallest absolute Gasteiger partial charge is 0.271 e. The number of para-hydroxylation sites is 1. The van der Waals surface area contributed by atoms with Gasteiger partial charge in [-0.1, -0.05) is 35.9 Å². The van der Waals surface area contributed by atoms with E-state index < -0.39 is 0 Å². The molecular formula is C18H14ClN3O. The van der Waals surface area contributed by atoms with Crippen LogP contribution in [-0.4, -0.2) is 17.1 Å². The number of amides is 1. The fourth-order valence-corrected chi connectivity index (χ4v) is 2.31. The SMILES string of the molecule is O=C(NN=C/C=C\c1c[nH]c2ccccc12)c1ccc(Cl)cc1. The van der Waals surface area contributed by atoms with Gasteiger partial charge >= 0.3 is 0 Å². The van der Waals surface area contributed by atoms with E-state index in [-0.39, 0.29) is 5.91 Å². The molecule has 1 heterocycles. The van der Waals surface area contributed by atoms with Gasteiger partial charge in [0, 0.05) is 33.9 Å². The number of H-pyrrole nitrogens is 1. The van der Waals surface area contributed by atoms with E-state index in [0.29, 0.717) is 10.6 Å². The van der Waals surface area contributed by atoms with Crippen molar-refractivity contribution in [1.82, 2.24) is 10.4 Å². The van der Waals surface area contributed by atoms with Gasteiger partial charge in [-0.05, 0) is 42.0 Å². The number of fused-ring (bicyclic) bond motifs is 1. The van der Waals surface area contributed by atoms with Crippen LogP contribution in [0, 0.1) is 0 Å². The third-order valence-corrected chi connectivity index (χ3v) is 3.58. The van der Waals surface area contributed by atoms with Gasteiger partial charge in [0.15, 0.2) is 0 Å². The summed E-state index contributed by atoms with van der Waals surface area (Å²) in [6, 6.07) is 14.7. The molecule has 4 nitrogen and oxygen atoms in total. The van der Waals surface area contributed by atoms with Crippen LogP contribution in [0.4, 0.5) is 0 Å². The molecule has 0 aliphatic rings. The Balaban J connectivity index is 1.60. The highest BCUT2D eigenvalue weighted by molar-refractivity contribution is 6.30. The summed E-state index contributed by atoms with van der Waals surface area (Å²) in [5.41, 5.74) is 5.12. The predicted molar refractivity (Wildman–Crippen MR) is 94.7 cm³/mol. The van der Waals surface area contributed by atoms with Crippen LogP contribution in [0.15, 0.2) is 65.9 Å². The summed E-state index contributed by atoms with van der Waals surface area (Å²) in [7, 11) is 0. The molecule has 0 unspecified atom stereocenters. The van der Waals surface area contributed by atoms with Gasteiger partial charge in [-0.15, -0.1) is 0 Å². The number of aromatic amines is 1. The maximum Gasteiger partial charge on any atom is 0.271 e. The van der Waals surface area contributed by atoms with E-state index in [2.05, 4.69) is 15.5 Å². The Hall–Kier alpha value is -2.85. The largest absolute Gasteiger partial charge is 0.361 e. The lowest BCUT2D eigenvalue weighted by Crippen LogP contribution is -2.17. The van der Waals surface area contributed by atoms with Crippen molar-refractivity contribution in [2.24, 2.45) is 5.10 Å². The van der Waals surface area contributed by atoms with Gasteiger partial charge in [-0.25, -0.2) is 5.43 Å². The molecule has 3 aromatic rings. The highest BCUT2D eigenvalue weighted by Gasteiger charge is 2.02. The van der Waals surface area contributed by atoms with Gasteiger partial charge in [0.25, 0.3) is 5.91 Å². The molecule has 2 aromatic carbocycles. The second-order valence-corrected chi connectivity index (χ2v) is 5.31. The number of nitrogens with one attached hydrogen (secondary N) is 2. The summed E-state index contributed by atoms with van der Waals surface area (Å²) >= 11 is 5.78. The van der Waals surface area contributed by atoms with E-state index in [1.165, 1.54) is 6.21 Å². The monoisotopic (exact) mass is 323 g/mol. The second-order valence-electron chi connectivity index (χ2n) is 4.87. The normalized spacial score (nSPS) is 11.5. The average molecular weight is 324 g/mol.